The van der Waals surface area contributed by atoms with Gasteiger partial charge >= 0.3 is 0 Å². The molecule has 2 fully saturated rings. The lowest BCUT2D eigenvalue weighted by Gasteiger charge is -2.38. The molecule has 0 radical (unpaired) electrons. The molecule has 0 aromatic heterocycles. The van der Waals surface area contributed by atoms with Crippen molar-refractivity contribution in [3.63, 3.8) is 0 Å². The van der Waals surface area contributed by atoms with Crippen LogP contribution in [0.4, 0.5) is 0 Å². The van der Waals surface area contributed by atoms with Gasteiger partial charge in [-0.05, 0) is 59.5 Å². The van der Waals surface area contributed by atoms with Gasteiger partial charge in [0.1, 0.15) is 0 Å². The minimum atomic E-state index is -0.151. The van der Waals surface area contributed by atoms with Crippen molar-refractivity contribution in [1.82, 2.24) is 15.1 Å². The Morgan fingerprint density at radius 2 is 2.05 bits per heavy atom. The van der Waals surface area contributed by atoms with Crippen LogP contribution in [-0.4, -0.2) is 61.5 Å². The van der Waals surface area contributed by atoms with E-state index in [2.05, 4.69) is 42.9 Å². The summed E-state index contributed by atoms with van der Waals surface area (Å²) in [5.41, 5.74) is -0.151. The summed E-state index contributed by atoms with van der Waals surface area (Å²) in [4.78, 5) is 17.2. The molecule has 0 aromatic carbocycles. The number of hydrogen-bond donors (Lipinski definition) is 1. The first-order chi connectivity index (χ1) is 9.42. The van der Waals surface area contributed by atoms with Gasteiger partial charge in [-0.25, -0.2) is 0 Å². The highest BCUT2D eigenvalue weighted by Gasteiger charge is 2.40. The molecule has 1 unspecified atom stereocenters. The maximum atomic E-state index is 12.6. The lowest BCUT2D eigenvalue weighted by molar-refractivity contribution is -0.141. The Bertz CT molecular complexity index is 329. The number of rotatable bonds is 4. The summed E-state index contributed by atoms with van der Waals surface area (Å²) in [6, 6.07) is 0.609. The van der Waals surface area contributed by atoms with Crippen molar-refractivity contribution >= 4 is 5.91 Å². The maximum Gasteiger partial charge on any atom is 0.229 e. The highest BCUT2D eigenvalue weighted by Crippen LogP contribution is 2.29. The molecule has 1 N–H and O–H groups in total. The number of nitrogens with one attached hydrogen (secondary N) is 1. The number of hydrogen-bond acceptors (Lipinski definition) is 3. The fourth-order valence-electron chi connectivity index (χ4n) is 3.32. The van der Waals surface area contributed by atoms with Crippen molar-refractivity contribution in [3.05, 3.63) is 0 Å². The van der Waals surface area contributed by atoms with Crippen LogP contribution in [0.2, 0.25) is 0 Å². The van der Waals surface area contributed by atoms with Crippen molar-refractivity contribution in [2.24, 2.45) is 11.3 Å². The highest BCUT2D eigenvalue weighted by molar-refractivity contribution is 5.83. The normalized spacial score (nSPS) is 28.6. The number of carbonyl (C=O) groups is 1. The molecule has 116 valence electrons. The molecule has 2 aliphatic heterocycles. The number of piperidine rings is 1. The second kappa shape index (κ2) is 6.44. The van der Waals surface area contributed by atoms with Crippen LogP contribution in [0.5, 0.6) is 0 Å². The van der Waals surface area contributed by atoms with Crippen LogP contribution < -0.4 is 5.32 Å². The van der Waals surface area contributed by atoms with E-state index in [4.69, 9.17) is 0 Å². The molecular weight excluding hydrogens is 250 g/mol. The van der Waals surface area contributed by atoms with Crippen LogP contribution in [0.25, 0.3) is 0 Å². The summed E-state index contributed by atoms with van der Waals surface area (Å²) < 4.78 is 0. The Labute approximate surface area is 123 Å². The van der Waals surface area contributed by atoms with Gasteiger partial charge in [-0.3, -0.25) is 4.79 Å². The van der Waals surface area contributed by atoms with Gasteiger partial charge in [0.25, 0.3) is 0 Å². The van der Waals surface area contributed by atoms with E-state index in [1.165, 1.54) is 6.54 Å². The second-order valence-corrected chi connectivity index (χ2v) is 7.26. The number of amides is 1. The van der Waals surface area contributed by atoms with E-state index in [0.29, 0.717) is 11.9 Å². The second-order valence-electron chi connectivity index (χ2n) is 7.26. The molecule has 1 amide bonds. The highest BCUT2D eigenvalue weighted by atomic mass is 16.2. The van der Waals surface area contributed by atoms with Crippen LogP contribution in [0.15, 0.2) is 0 Å². The van der Waals surface area contributed by atoms with Gasteiger partial charge in [-0.2, -0.15) is 0 Å². The molecule has 2 aliphatic rings. The molecule has 0 spiro atoms. The Balaban J connectivity index is 1.80. The van der Waals surface area contributed by atoms with Gasteiger partial charge in [-0.15, -0.1) is 0 Å². The van der Waals surface area contributed by atoms with Crippen LogP contribution in [0, 0.1) is 11.3 Å². The van der Waals surface area contributed by atoms with Gasteiger partial charge in [0.2, 0.25) is 5.91 Å². The minimum Gasteiger partial charge on any atom is -0.342 e. The maximum absolute atomic E-state index is 12.6. The number of nitrogens with zero attached hydrogens (tertiary/aromatic N) is 2. The average molecular weight is 281 g/mol. The van der Waals surface area contributed by atoms with E-state index < -0.39 is 0 Å². The van der Waals surface area contributed by atoms with Gasteiger partial charge in [0, 0.05) is 32.2 Å². The first kappa shape index (κ1) is 15.8. The first-order valence-corrected chi connectivity index (χ1v) is 8.13. The molecule has 4 heteroatoms. The zero-order chi connectivity index (χ0) is 14.8. The first-order valence-electron chi connectivity index (χ1n) is 8.13. The molecule has 0 aromatic rings. The molecule has 2 saturated heterocycles. The fourth-order valence-corrected chi connectivity index (χ4v) is 3.32. The Hall–Kier alpha value is -0.610. The van der Waals surface area contributed by atoms with Gasteiger partial charge in [0.05, 0.1) is 5.41 Å². The summed E-state index contributed by atoms with van der Waals surface area (Å²) in [5.74, 6) is 1.12. The van der Waals surface area contributed by atoms with E-state index in [0.717, 1.165) is 51.4 Å². The summed E-state index contributed by atoms with van der Waals surface area (Å²) in [5, 5.41) is 3.33. The third kappa shape index (κ3) is 3.53. The van der Waals surface area contributed by atoms with Crippen molar-refractivity contribution in [2.45, 2.75) is 46.1 Å². The molecule has 0 saturated carbocycles. The van der Waals surface area contributed by atoms with Gasteiger partial charge in [-0.1, -0.05) is 0 Å². The van der Waals surface area contributed by atoms with E-state index in [1.807, 2.05) is 0 Å². The third-order valence-electron chi connectivity index (χ3n) is 5.21. The molecule has 2 heterocycles. The molecule has 4 nitrogen and oxygen atoms in total. The third-order valence-corrected chi connectivity index (χ3v) is 5.21. The molecular formula is C16H31N3O. The quantitative estimate of drug-likeness (QED) is 0.849. The standard InChI is InChI=1S/C16H31N3O/c1-13(2)18(4)11-14-5-9-19(10-6-14)15(20)16(3)7-8-17-12-16/h13-14,17H,5-12H2,1-4H3. The van der Waals surface area contributed by atoms with E-state index >= 15 is 0 Å². The van der Waals surface area contributed by atoms with E-state index in [9.17, 15) is 4.79 Å². The number of likely N-dealkylation sites (tertiary alicyclic amines) is 1. The van der Waals surface area contributed by atoms with Crippen LogP contribution in [0.1, 0.15) is 40.0 Å². The number of carbonyl (C=O) groups excluding carboxylic acids is 1. The SMILES string of the molecule is CC(C)N(C)CC1CCN(C(=O)C2(C)CCNC2)CC1. The molecule has 0 aliphatic carbocycles. The fraction of sp³-hybridized carbons (Fsp3) is 0.938. The van der Waals surface area contributed by atoms with Gasteiger partial charge in [0.15, 0.2) is 0 Å². The lowest BCUT2D eigenvalue weighted by Crippen LogP contribution is -2.48. The smallest absolute Gasteiger partial charge is 0.229 e. The van der Waals surface area contributed by atoms with Crippen molar-refractivity contribution in [2.75, 3.05) is 39.8 Å². The Morgan fingerprint density at radius 1 is 1.40 bits per heavy atom. The molecule has 2 rings (SSSR count). The topological polar surface area (TPSA) is 35.6 Å². The Morgan fingerprint density at radius 3 is 2.55 bits per heavy atom. The lowest BCUT2D eigenvalue weighted by atomic mass is 9.86. The van der Waals surface area contributed by atoms with E-state index in [1.54, 1.807) is 0 Å². The van der Waals surface area contributed by atoms with Crippen LogP contribution >= 0.6 is 0 Å². The predicted molar refractivity (Wildman–Crippen MR) is 82.7 cm³/mol. The minimum absolute atomic E-state index is 0.151. The van der Waals surface area contributed by atoms with Crippen molar-refractivity contribution < 1.29 is 4.79 Å². The molecule has 1 atom stereocenters. The predicted octanol–water partition coefficient (Wildman–Crippen LogP) is 1.56. The summed E-state index contributed by atoms with van der Waals surface area (Å²) in [7, 11) is 2.20. The Kier molecular flexibility index (Phi) is 5.08. The van der Waals surface area contributed by atoms with Crippen molar-refractivity contribution in [1.29, 1.82) is 0 Å². The average Bonchev–Trinajstić information content (AvgIpc) is 2.87. The van der Waals surface area contributed by atoms with Crippen LogP contribution in [0.3, 0.4) is 0 Å². The van der Waals surface area contributed by atoms with E-state index in [-0.39, 0.29) is 5.41 Å². The zero-order valence-electron chi connectivity index (χ0n) is 13.6. The monoisotopic (exact) mass is 281 g/mol. The summed E-state index contributed by atoms with van der Waals surface area (Å²) in [6.45, 7) is 11.5. The van der Waals surface area contributed by atoms with Crippen LogP contribution in [-0.2, 0) is 4.79 Å². The van der Waals surface area contributed by atoms with Gasteiger partial charge < -0.3 is 15.1 Å². The zero-order valence-corrected chi connectivity index (χ0v) is 13.6. The molecule has 0 bridgehead atoms. The summed E-state index contributed by atoms with van der Waals surface area (Å²) in [6.07, 6.45) is 3.31. The van der Waals surface area contributed by atoms with Crippen molar-refractivity contribution in [3.8, 4) is 0 Å². The summed E-state index contributed by atoms with van der Waals surface area (Å²) >= 11 is 0. The largest absolute Gasteiger partial charge is 0.342 e. The molecule has 20 heavy (non-hydrogen) atoms.